The molecule has 21 heavy (non-hydrogen) atoms. The Morgan fingerprint density at radius 1 is 1.52 bits per heavy atom. The Balaban J connectivity index is 2.23. The quantitative estimate of drug-likeness (QED) is 0.452. The molecule has 0 saturated carbocycles. The second-order valence-corrected chi connectivity index (χ2v) is 4.55. The van der Waals surface area contributed by atoms with Crippen LogP contribution < -0.4 is 0 Å². The first kappa shape index (κ1) is 14.9. The van der Waals surface area contributed by atoms with E-state index >= 15 is 0 Å². The number of rotatable bonds is 6. The SMILES string of the molecule is CCOC(=O)CN(C)Cc1nc2ccccn2c1[N+](=O)[O-]. The maximum atomic E-state index is 11.4. The minimum Gasteiger partial charge on any atom is -0.465 e. The lowest BCUT2D eigenvalue weighted by Crippen LogP contribution is -2.27. The zero-order valence-electron chi connectivity index (χ0n) is 11.9. The minimum absolute atomic E-state index is 0.0544. The van der Waals surface area contributed by atoms with E-state index < -0.39 is 4.92 Å². The van der Waals surface area contributed by atoms with Crippen LogP contribution in [0.3, 0.4) is 0 Å². The second kappa shape index (κ2) is 6.31. The van der Waals surface area contributed by atoms with E-state index in [0.717, 1.165) is 0 Å². The number of nitro groups is 1. The van der Waals surface area contributed by atoms with Gasteiger partial charge in [-0.25, -0.2) is 4.98 Å². The molecule has 0 aromatic carbocycles. The fourth-order valence-corrected chi connectivity index (χ4v) is 2.07. The van der Waals surface area contributed by atoms with Crippen LogP contribution >= 0.6 is 0 Å². The number of hydrogen-bond acceptors (Lipinski definition) is 6. The van der Waals surface area contributed by atoms with E-state index in [4.69, 9.17) is 4.74 Å². The molecule has 0 bridgehead atoms. The van der Waals surface area contributed by atoms with E-state index in [0.29, 0.717) is 17.9 Å². The van der Waals surface area contributed by atoms with Crippen molar-refractivity contribution in [1.29, 1.82) is 0 Å². The van der Waals surface area contributed by atoms with Crippen LogP contribution in [0.1, 0.15) is 12.6 Å². The molecule has 0 amide bonds. The fourth-order valence-electron chi connectivity index (χ4n) is 2.07. The van der Waals surface area contributed by atoms with Gasteiger partial charge in [0.15, 0.2) is 5.69 Å². The molecule has 0 aliphatic carbocycles. The predicted octanol–water partition coefficient (Wildman–Crippen LogP) is 1.24. The van der Waals surface area contributed by atoms with Gasteiger partial charge < -0.3 is 14.9 Å². The Kier molecular flexibility index (Phi) is 4.49. The maximum absolute atomic E-state index is 11.4. The fraction of sp³-hybridized carbons (Fsp3) is 0.385. The van der Waals surface area contributed by atoms with E-state index in [1.807, 2.05) is 0 Å². The molecule has 2 heterocycles. The molecule has 0 unspecified atom stereocenters. The monoisotopic (exact) mass is 292 g/mol. The van der Waals surface area contributed by atoms with E-state index in [1.165, 1.54) is 4.40 Å². The molecule has 2 aromatic rings. The van der Waals surface area contributed by atoms with Crippen LogP contribution in [0.25, 0.3) is 5.65 Å². The molecular formula is C13H16N4O4. The lowest BCUT2D eigenvalue weighted by Gasteiger charge is -2.13. The molecule has 0 fully saturated rings. The van der Waals surface area contributed by atoms with Gasteiger partial charge in [-0.1, -0.05) is 6.07 Å². The third kappa shape index (κ3) is 3.34. The smallest absolute Gasteiger partial charge is 0.352 e. The topological polar surface area (TPSA) is 90.0 Å². The zero-order valence-corrected chi connectivity index (χ0v) is 11.9. The maximum Gasteiger partial charge on any atom is 0.352 e. The molecule has 8 nitrogen and oxygen atoms in total. The van der Waals surface area contributed by atoms with Crippen molar-refractivity contribution in [1.82, 2.24) is 14.3 Å². The summed E-state index contributed by atoms with van der Waals surface area (Å²) in [7, 11) is 1.69. The molecule has 112 valence electrons. The summed E-state index contributed by atoms with van der Waals surface area (Å²) in [6.07, 6.45) is 1.59. The summed E-state index contributed by atoms with van der Waals surface area (Å²) in [6.45, 7) is 2.28. The average Bonchev–Trinajstić information content (AvgIpc) is 2.76. The van der Waals surface area contributed by atoms with Gasteiger partial charge in [0.1, 0.15) is 0 Å². The summed E-state index contributed by atoms with van der Waals surface area (Å²) in [5, 5.41) is 11.2. The number of carbonyl (C=O) groups is 1. The van der Waals surface area contributed by atoms with E-state index in [1.54, 1.807) is 43.3 Å². The van der Waals surface area contributed by atoms with Crippen molar-refractivity contribution >= 4 is 17.4 Å². The largest absolute Gasteiger partial charge is 0.465 e. The lowest BCUT2D eigenvalue weighted by molar-refractivity contribution is -0.391. The van der Waals surface area contributed by atoms with Crippen molar-refractivity contribution in [2.45, 2.75) is 13.5 Å². The molecule has 0 saturated heterocycles. The Hall–Kier alpha value is -2.48. The Morgan fingerprint density at radius 3 is 2.95 bits per heavy atom. The first-order chi connectivity index (χ1) is 10.0. The van der Waals surface area contributed by atoms with Crippen LogP contribution in [0.15, 0.2) is 24.4 Å². The van der Waals surface area contributed by atoms with Gasteiger partial charge in [0.25, 0.3) is 0 Å². The predicted molar refractivity (Wildman–Crippen MR) is 74.8 cm³/mol. The van der Waals surface area contributed by atoms with Crippen molar-refractivity contribution in [2.75, 3.05) is 20.2 Å². The molecule has 0 aliphatic heterocycles. The number of pyridine rings is 1. The van der Waals surface area contributed by atoms with Crippen LogP contribution in [0.5, 0.6) is 0 Å². The molecule has 0 radical (unpaired) electrons. The van der Waals surface area contributed by atoms with Crippen LogP contribution in [-0.2, 0) is 16.1 Å². The van der Waals surface area contributed by atoms with Crippen LogP contribution in [0.4, 0.5) is 5.82 Å². The number of imidazole rings is 1. The van der Waals surface area contributed by atoms with Gasteiger partial charge in [0.2, 0.25) is 5.65 Å². The number of carbonyl (C=O) groups excluding carboxylic acids is 1. The van der Waals surface area contributed by atoms with E-state index in [9.17, 15) is 14.9 Å². The number of hydrogen-bond donors (Lipinski definition) is 0. The summed E-state index contributed by atoms with van der Waals surface area (Å²) in [6, 6.07) is 5.16. The molecule has 8 heteroatoms. The first-order valence-corrected chi connectivity index (χ1v) is 6.47. The van der Waals surface area contributed by atoms with Crippen LogP contribution in [-0.4, -0.2) is 45.4 Å². The van der Waals surface area contributed by atoms with E-state index in [2.05, 4.69) is 4.98 Å². The van der Waals surface area contributed by atoms with Crippen LogP contribution in [0, 0.1) is 10.1 Å². The van der Waals surface area contributed by atoms with Gasteiger partial charge in [-0.2, -0.15) is 4.40 Å². The van der Waals surface area contributed by atoms with Gasteiger partial charge in [0, 0.05) is 12.6 Å². The highest BCUT2D eigenvalue weighted by Gasteiger charge is 2.23. The standard InChI is InChI=1S/C13H16N4O4/c1-3-21-12(18)9-15(2)8-10-13(17(19)20)16-7-5-4-6-11(16)14-10/h4-7H,3,8-9H2,1-2H3. The van der Waals surface area contributed by atoms with Gasteiger partial charge in [-0.15, -0.1) is 0 Å². The lowest BCUT2D eigenvalue weighted by atomic mass is 10.4. The summed E-state index contributed by atoms with van der Waals surface area (Å²) < 4.78 is 6.27. The number of likely N-dealkylation sites (N-methyl/N-ethyl adjacent to an activating group) is 1. The van der Waals surface area contributed by atoms with Crippen molar-refractivity contribution in [3.63, 3.8) is 0 Å². The van der Waals surface area contributed by atoms with Gasteiger partial charge in [-0.05, 0) is 25.0 Å². The number of aromatic nitrogens is 2. The Labute approximate surface area is 121 Å². The zero-order chi connectivity index (χ0) is 15.4. The molecule has 2 rings (SSSR count). The summed E-state index contributed by atoms with van der Waals surface area (Å²) in [5.74, 6) is -0.451. The van der Waals surface area contributed by atoms with Crippen LogP contribution in [0.2, 0.25) is 0 Å². The van der Waals surface area contributed by atoms with Crippen molar-refractivity contribution < 1.29 is 14.5 Å². The number of fused-ring (bicyclic) bond motifs is 1. The molecule has 0 spiro atoms. The normalized spacial score (nSPS) is 11.0. The third-order valence-corrected chi connectivity index (χ3v) is 2.87. The average molecular weight is 292 g/mol. The highest BCUT2D eigenvalue weighted by Crippen LogP contribution is 2.21. The second-order valence-electron chi connectivity index (χ2n) is 4.55. The summed E-state index contributed by atoms with van der Waals surface area (Å²) in [5.41, 5.74) is 0.821. The highest BCUT2D eigenvalue weighted by molar-refractivity contribution is 5.71. The van der Waals surface area contributed by atoms with Gasteiger partial charge in [0.05, 0.1) is 19.3 Å². The molecular weight excluding hydrogens is 276 g/mol. The van der Waals surface area contributed by atoms with Gasteiger partial charge in [-0.3, -0.25) is 9.69 Å². The van der Waals surface area contributed by atoms with Crippen molar-refractivity contribution in [3.05, 3.63) is 40.2 Å². The van der Waals surface area contributed by atoms with Crippen molar-refractivity contribution in [2.24, 2.45) is 0 Å². The molecule has 0 aliphatic rings. The summed E-state index contributed by atoms with van der Waals surface area (Å²) >= 11 is 0. The number of esters is 1. The third-order valence-electron chi connectivity index (χ3n) is 2.87. The minimum atomic E-state index is -0.465. The Morgan fingerprint density at radius 2 is 2.29 bits per heavy atom. The first-order valence-electron chi connectivity index (χ1n) is 6.47. The number of nitrogens with zero attached hydrogens (tertiary/aromatic N) is 4. The highest BCUT2D eigenvalue weighted by atomic mass is 16.6. The molecule has 0 N–H and O–H groups in total. The molecule has 2 aromatic heterocycles. The van der Waals surface area contributed by atoms with Gasteiger partial charge >= 0.3 is 11.8 Å². The molecule has 0 atom stereocenters. The van der Waals surface area contributed by atoms with Crippen molar-refractivity contribution in [3.8, 4) is 0 Å². The number of ether oxygens (including phenoxy) is 1. The summed E-state index contributed by atoms with van der Waals surface area (Å²) in [4.78, 5) is 28.1. The Bertz CT molecular complexity index is 667. The van der Waals surface area contributed by atoms with E-state index in [-0.39, 0.29) is 24.9 Å².